The van der Waals surface area contributed by atoms with E-state index in [-0.39, 0.29) is 11.1 Å². The van der Waals surface area contributed by atoms with Gasteiger partial charge in [0.2, 0.25) is 0 Å². The highest BCUT2D eigenvalue weighted by molar-refractivity contribution is 6.37. The molecule has 0 saturated carbocycles. The third-order valence-corrected chi connectivity index (χ3v) is 5.63. The zero-order chi connectivity index (χ0) is 18.6. The van der Waals surface area contributed by atoms with Crippen LogP contribution in [0.2, 0.25) is 5.02 Å². The maximum atomic E-state index is 13.0. The molecule has 2 atom stereocenters. The number of hydrogen-bond acceptors (Lipinski definition) is 4. The van der Waals surface area contributed by atoms with Crippen molar-refractivity contribution in [1.82, 2.24) is 14.9 Å². The summed E-state index contributed by atoms with van der Waals surface area (Å²) >= 11 is 6.60. The van der Waals surface area contributed by atoms with E-state index in [1.165, 1.54) is 0 Å². The minimum atomic E-state index is -0.138. The van der Waals surface area contributed by atoms with Crippen LogP contribution < -0.4 is 15.6 Å². The monoisotopic (exact) mass is 371 g/mol. The molecule has 1 aromatic carbocycles. The van der Waals surface area contributed by atoms with Crippen molar-refractivity contribution in [2.75, 3.05) is 6.61 Å². The van der Waals surface area contributed by atoms with Crippen LogP contribution in [-0.4, -0.2) is 27.7 Å². The number of halogens is 1. The summed E-state index contributed by atoms with van der Waals surface area (Å²) in [5.41, 5.74) is 1.46. The molecular weight excluding hydrogens is 350 g/mol. The maximum Gasteiger partial charge on any atom is 0.260 e. The summed E-state index contributed by atoms with van der Waals surface area (Å²) in [4.78, 5) is 17.3. The molecule has 3 aromatic rings. The van der Waals surface area contributed by atoms with Gasteiger partial charge < -0.3 is 14.6 Å². The molecule has 1 aliphatic rings. The molecule has 6 heteroatoms. The van der Waals surface area contributed by atoms with Gasteiger partial charge >= 0.3 is 0 Å². The summed E-state index contributed by atoms with van der Waals surface area (Å²) in [5, 5.41) is 6.11. The van der Waals surface area contributed by atoms with Gasteiger partial charge in [-0.25, -0.2) is 0 Å². The van der Waals surface area contributed by atoms with Crippen molar-refractivity contribution < 1.29 is 4.74 Å². The van der Waals surface area contributed by atoms with Gasteiger partial charge in [0.1, 0.15) is 12.4 Å². The molecule has 1 unspecified atom stereocenters. The van der Waals surface area contributed by atoms with Crippen LogP contribution in [0.3, 0.4) is 0 Å². The minimum absolute atomic E-state index is 0.0468. The van der Waals surface area contributed by atoms with Crippen molar-refractivity contribution >= 4 is 33.3 Å². The van der Waals surface area contributed by atoms with Gasteiger partial charge in [-0.15, -0.1) is 0 Å². The molecule has 1 saturated heterocycles. The predicted molar refractivity (Wildman–Crippen MR) is 105 cm³/mol. The van der Waals surface area contributed by atoms with Crippen LogP contribution in [-0.2, 0) is 7.05 Å². The molecule has 1 aliphatic heterocycles. The first-order chi connectivity index (χ1) is 12.3. The lowest BCUT2D eigenvalue weighted by Crippen LogP contribution is -2.63. The Balaban J connectivity index is 1.84. The first kappa shape index (κ1) is 17.3. The molecule has 26 heavy (non-hydrogen) atoms. The van der Waals surface area contributed by atoms with E-state index in [1.807, 2.05) is 25.1 Å². The van der Waals surface area contributed by atoms with Gasteiger partial charge in [-0.2, -0.15) is 0 Å². The third-order valence-electron chi connectivity index (χ3n) is 5.26. The molecule has 3 heterocycles. The van der Waals surface area contributed by atoms with Crippen LogP contribution in [0.5, 0.6) is 5.75 Å². The first-order valence-electron chi connectivity index (χ1n) is 8.78. The van der Waals surface area contributed by atoms with Crippen molar-refractivity contribution in [3.05, 3.63) is 45.5 Å². The maximum absolute atomic E-state index is 13.0. The summed E-state index contributed by atoms with van der Waals surface area (Å²) < 4.78 is 7.59. The highest BCUT2D eigenvalue weighted by Crippen LogP contribution is 2.35. The van der Waals surface area contributed by atoms with Crippen LogP contribution in [0, 0.1) is 6.92 Å². The van der Waals surface area contributed by atoms with Crippen LogP contribution in [0.25, 0.3) is 21.7 Å². The van der Waals surface area contributed by atoms with Crippen molar-refractivity contribution in [1.29, 1.82) is 0 Å². The number of nitrogens with one attached hydrogen (secondary N) is 1. The van der Waals surface area contributed by atoms with Crippen molar-refractivity contribution in [3.63, 3.8) is 0 Å². The number of hydrogen-bond donors (Lipinski definition) is 1. The topological polar surface area (TPSA) is 56.1 Å². The Labute approximate surface area is 156 Å². The van der Waals surface area contributed by atoms with Crippen LogP contribution in [0.1, 0.15) is 26.0 Å². The summed E-state index contributed by atoms with van der Waals surface area (Å²) in [7, 11) is 1.75. The van der Waals surface area contributed by atoms with Crippen LogP contribution in [0.15, 0.2) is 29.2 Å². The predicted octanol–water partition coefficient (Wildman–Crippen LogP) is 3.57. The second-order valence-corrected chi connectivity index (χ2v) is 7.93. The normalized spacial score (nSPS) is 22.6. The first-order valence-corrected chi connectivity index (χ1v) is 9.15. The average Bonchev–Trinajstić information content (AvgIpc) is 2.57. The second-order valence-electron chi connectivity index (χ2n) is 7.56. The van der Waals surface area contributed by atoms with E-state index in [4.69, 9.17) is 16.3 Å². The third kappa shape index (κ3) is 2.58. The molecule has 0 spiro atoms. The number of aryl methyl sites for hydroxylation is 2. The highest BCUT2D eigenvalue weighted by Gasteiger charge is 2.37. The second kappa shape index (κ2) is 5.96. The zero-order valence-corrected chi connectivity index (χ0v) is 16.1. The van der Waals surface area contributed by atoms with Crippen LogP contribution in [0.4, 0.5) is 0 Å². The smallest absolute Gasteiger partial charge is 0.260 e. The SMILES string of the molecule is Cc1nccc2c3ccc(OC[C@]4(C)CC(C)N4)c(Cl)c3c(=O)n(C)c12. The Bertz CT molecular complexity index is 1080. The molecule has 0 aliphatic carbocycles. The molecule has 0 bridgehead atoms. The highest BCUT2D eigenvalue weighted by atomic mass is 35.5. The number of benzene rings is 1. The molecule has 0 amide bonds. The summed E-state index contributed by atoms with van der Waals surface area (Å²) in [5.74, 6) is 0.545. The van der Waals surface area contributed by atoms with Crippen molar-refractivity contribution in [2.24, 2.45) is 7.05 Å². The van der Waals surface area contributed by atoms with E-state index >= 15 is 0 Å². The summed E-state index contributed by atoms with van der Waals surface area (Å²) in [6.45, 7) is 6.69. The molecule has 136 valence electrons. The van der Waals surface area contributed by atoms with E-state index < -0.39 is 0 Å². The number of aromatic nitrogens is 2. The van der Waals surface area contributed by atoms with E-state index in [1.54, 1.807) is 17.8 Å². The lowest BCUT2D eigenvalue weighted by Gasteiger charge is -2.45. The molecule has 0 radical (unpaired) electrons. The van der Waals surface area contributed by atoms with Gasteiger partial charge in [0.05, 0.1) is 27.2 Å². The largest absolute Gasteiger partial charge is 0.490 e. The van der Waals surface area contributed by atoms with Gasteiger partial charge in [0, 0.05) is 24.7 Å². The molecule has 1 fully saturated rings. The Morgan fingerprint density at radius 1 is 1.38 bits per heavy atom. The fourth-order valence-electron chi connectivity index (χ4n) is 4.16. The minimum Gasteiger partial charge on any atom is -0.490 e. The fourth-order valence-corrected chi connectivity index (χ4v) is 4.46. The molecule has 2 aromatic heterocycles. The van der Waals surface area contributed by atoms with Gasteiger partial charge in [-0.1, -0.05) is 11.6 Å². The standard InChI is InChI=1S/C20H22ClN3O2/c1-11-9-20(3,23-11)10-26-15-6-5-13-14-7-8-22-12(2)18(14)24(4)19(25)16(13)17(15)21/h5-8,11,23H,9-10H2,1-4H3/t11?,20-/m0/s1. The zero-order valence-electron chi connectivity index (χ0n) is 15.4. The van der Waals surface area contributed by atoms with Gasteiger partial charge in [0.15, 0.2) is 0 Å². The van der Waals surface area contributed by atoms with E-state index in [0.29, 0.717) is 28.8 Å². The average molecular weight is 372 g/mol. The van der Waals surface area contributed by atoms with E-state index in [2.05, 4.69) is 24.1 Å². The quantitative estimate of drug-likeness (QED) is 0.715. The molecule has 5 nitrogen and oxygen atoms in total. The number of rotatable bonds is 3. The Morgan fingerprint density at radius 2 is 2.12 bits per heavy atom. The lowest BCUT2D eigenvalue weighted by molar-refractivity contribution is 0.0953. The molecule has 1 N–H and O–H groups in total. The molecule has 4 rings (SSSR count). The van der Waals surface area contributed by atoms with Gasteiger partial charge in [-0.05, 0) is 50.8 Å². The lowest BCUT2D eigenvalue weighted by atomic mass is 9.85. The van der Waals surface area contributed by atoms with Crippen molar-refractivity contribution in [3.8, 4) is 5.75 Å². The Hall–Kier alpha value is -2.11. The van der Waals surface area contributed by atoms with Crippen LogP contribution >= 0.6 is 11.6 Å². The fraction of sp³-hybridized carbons (Fsp3) is 0.400. The van der Waals surface area contributed by atoms with E-state index in [0.717, 1.165) is 28.4 Å². The van der Waals surface area contributed by atoms with Gasteiger partial charge in [-0.3, -0.25) is 9.78 Å². The number of pyridine rings is 2. The molecular formula is C20H22ClN3O2. The Morgan fingerprint density at radius 3 is 2.81 bits per heavy atom. The van der Waals surface area contributed by atoms with Crippen molar-refractivity contribution in [2.45, 2.75) is 38.8 Å². The van der Waals surface area contributed by atoms with Gasteiger partial charge in [0.25, 0.3) is 5.56 Å². The van der Waals surface area contributed by atoms with E-state index in [9.17, 15) is 4.79 Å². The summed E-state index contributed by atoms with van der Waals surface area (Å²) in [6.07, 6.45) is 2.81. The number of ether oxygens (including phenoxy) is 1. The summed E-state index contributed by atoms with van der Waals surface area (Å²) in [6, 6.07) is 6.19. The number of nitrogens with zero attached hydrogens (tertiary/aromatic N) is 2. The number of fused-ring (bicyclic) bond motifs is 3. The Kier molecular flexibility index (Phi) is 3.97.